The number of aromatic nitrogens is 3. The lowest BCUT2D eigenvalue weighted by Gasteiger charge is -2.05. The molecular weight excluding hydrogens is 550 g/mol. The molecule has 43 heavy (non-hydrogen) atoms. The van der Waals surface area contributed by atoms with Crippen molar-refractivity contribution in [2.24, 2.45) is 0 Å². The molecule has 6 rings (SSSR count). The maximum absolute atomic E-state index is 13.0. The van der Waals surface area contributed by atoms with E-state index in [1.54, 1.807) is 86.6 Å². The van der Waals surface area contributed by atoms with Gasteiger partial charge in [-0.1, -0.05) is 0 Å². The molecule has 0 saturated carbocycles. The molecule has 0 atom stereocenters. The Bertz CT molecular complexity index is 1940. The Kier molecular flexibility index (Phi) is 7.12. The van der Waals surface area contributed by atoms with Crippen LogP contribution < -0.4 is 10.6 Å². The number of rotatable bonds is 8. The van der Waals surface area contributed by atoms with Gasteiger partial charge in [0.2, 0.25) is 0 Å². The fourth-order valence-corrected chi connectivity index (χ4v) is 4.86. The molecule has 216 valence electrons. The lowest BCUT2D eigenvalue weighted by molar-refractivity contribution is 0.0511. The molecule has 0 aliphatic carbocycles. The molecule has 11 heteroatoms. The van der Waals surface area contributed by atoms with Crippen LogP contribution in [0.25, 0.3) is 32.7 Å². The van der Waals surface area contributed by atoms with Crippen molar-refractivity contribution in [3.63, 3.8) is 0 Å². The molecule has 0 unspecified atom stereocenters. The van der Waals surface area contributed by atoms with Crippen LogP contribution in [0.15, 0.2) is 72.8 Å². The molecule has 5 N–H and O–H groups in total. The summed E-state index contributed by atoms with van der Waals surface area (Å²) in [4.78, 5) is 59.2. The topological polar surface area (TPSA) is 158 Å². The van der Waals surface area contributed by atoms with Gasteiger partial charge < -0.3 is 35.1 Å². The van der Waals surface area contributed by atoms with Crippen molar-refractivity contribution >= 4 is 67.8 Å². The first-order valence-corrected chi connectivity index (χ1v) is 13.7. The smallest absolute Gasteiger partial charge is 0.354 e. The highest BCUT2D eigenvalue weighted by molar-refractivity contribution is 6.10. The van der Waals surface area contributed by atoms with Crippen molar-refractivity contribution < 1.29 is 28.7 Å². The number of H-pyrrole nitrogens is 3. The van der Waals surface area contributed by atoms with Crippen molar-refractivity contribution in [1.82, 2.24) is 15.0 Å². The normalized spacial score (nSPS) is 11.1. The van der Waals surface area contributed by atoms with Crippen LogP contribution in [-0.2, 0) is 9.47 Å². The lowest BCUT2D eigenvalue weighted by Crippen LogP contribution is -2.12. The second-order valence-electron chi connectivity index (χ2n) is 9.80. The Morgan fingerprint density at radius 3 is 1.53 bits per heavy atom. The molecule has 6 aromatic rings. The number of benzene rings is 3. The van der Waals surface area contributed by atoms with Crippen LogP contribution in [0.1, 0.15) is 55.7 Å². The Hall–Kier alpha value is -5.84. The average molecular weight is 578 g/mol. The first-order valence-electron chi connectivity index (χ1n) is 13.7. The van der Waals surface area contributed by atoms with Crippen LogP contribution >= 0.6 is 0 Å². The quantitative estimate of drug-likeness (QED) is 0.140. The number of hydrogen-bond donors (Lipinski definition) is 5. The largest absolute Gasteiger partial charge is 0.461 e. The molecule has 3 aromatic carbocycles. The highest BCUT2D eigenvalue weighted by Gasteiger charge is 2.15. The first kappa shape index (κ1) is 27.3. The Labute approximate surface area is 244 Å². The third kappa shape index (κ3) is 5.55. The van der Waals surface area contributed by atoms with Crippen molar-refractivity contribution in [3.05, 3.63) is 95.4 Å². The molecule has 0 fully saturated rings. The SMILES string of the molecule is CCOC(=O)c1cc2cc(NC(=O)c3ccc4[nH]c(C(=O)Nc5ccc6[nH]c(C(=O)OCC)cc6c5)cc4c3)ccc2[nH]1. The van der Waals surface area contributed by atoms with Gasteiger partial charge in [-0.05, 0) is 86.6 Å². The summed E-state index contributed by atoms with van der Waals surface area (Å²) in [6.45, 7) is 4.03. The average Bonchev–Trinajstić information content (AvgIpc) is 3.73. The molecular formula is C32H27N5O6. The third-order valence-electron chi connectivity index (χ3n) is 6.88. The number of hydrogen-bond acceptors (Lipinski definition) is 6. The summed E-state index contributed by atoms with van der Waals surface area (Å²) in [7, 11) is 0. The van der Waals surface area contributed by atoms with Gasteiger partial charge >= 0.3 is 11.9 Å². The number of fused-ring (bicyclic) bond motifs is 3. The second-order valence-corrected chi connectivity index (χ2v) is 9.80. The highest BCUT2D eigenvalue weighted by Crippen LogP contribution is 2.24. The van der Waals surface area contributed by atoms with E-state index in [1.165, 1.54) is 0 Å². The van der Waals surface area contributed by atoms with Crippen LogP contribution in [0.5, 0.6) is 0 Å². The van der Waals surface area contributed by atoms with Gasteiger partial charge in [0.1, 0.15) is 17.1 Å². The lowest BCUT2D eigenvalue weighted by atomic mass is 10.1. The maximum atomic E-state index is 13.0. The van der Waals surface area contributed by atoms with Crippen LogP contribution in [0.4, 0.5) is 11.4 Å². The Morgan fingerprint density at radius 2 is 1.00 bits per heavy atom. The van der Waals surface area contributed by atoms with Gasteiger partial charge in [0.15, 0.2) is 0 Å². The fraction of sp³-hybridized carbons (Fsp3) is 0.125. The molecule has 2 amide bonds. The Morgan fingerprint density at radius 1 is 0.558 bits per heavy atom. The maximum Gasteiger partial charge on any atom is 0.354 e. The zero-order chi connectivity index (χ0) is 30.1. The van der Waals surface area contributed by atoms with E-state index in [0.29, 0.717) is 44.9 Å². The predicted molar refractivity (Wildman–Crippen MR) is 163 cm³/mol. The molecule has 11 nitrogen and oxygen atoms in total. The number of carbonyl (C=O) groups excluding carboxylic acids is 4. The van der Waals surface area contributed by atoms with E-state index in [1.807, 2.05) is 0 Å². The van der Waals surface area contributed by atoms with Crippen molar-refractivity contribution in [3.8, 4) is 0 Å². The molecule has 0 radical (unpaired) electrons. The number of amides is 2. The summed E-state index contributed by atoms with van der Waals surface area (Å²) in [6, 6.07) is 20.7. The number of nitrogens with one attached hydrogen (secondary N) is 5. The zero-order valence-corrected chi connectivity index (χ0v) is 23.3. The van der Waals surface area contributed by atoms with Gasteiger partial charge in [0.05, 0.1) is 13.2 Å². The van der Waals surface area contributed by atoms with Crippen LogP contribution in [0, 0.1) is 0 Å². The van der Waals surface area contributed by atoms with Crippen molar-refractivity contribution in [2.45, 2.75) is 13.8 Å². The molecule has 0 spiro atoms. The van der Waals surface area contributed by atoms with Crippen LogP contribution in [-0.4, -0.2) is 51.9 Å². The number of carbonyl (C=O) groups is 4. The van der Waals surface area contributed by atoms with Gasteiger partial charge in [-0.3, -0.25) is 9.59 Å². The van der Waals surface area contributed by atoms with E-state index >= 15 is 0 Å². The zero-order valence-electron chi connectivity index (χ0n) is 23.3. The van der Waals surface area contributed by atoms with Gasteiger partial charge in [0, 0.05) is 49.6 Å². The van der Waals surface area contributed by atoms with E-state index in [2.05, 4.69) is 25.6 Å². The number of aromatic amines is 3. The monoisotopic (exact) mass is 577 g/mol. The van der Waals surface area contributed by atoms with E-state index in [4.69, 9.17) is 9.47 Å². The molecule has 3 heterocycles. The molecule has 0 bridgehead atoms. The Balaban J connectivity index is 1.15. The standard InChI is InChI=1S/C32H27N5O6/c1-3-42-31(40)27-15-19-12-21(6-9-24(19)36-27)33-29(38)17-5-8-23-18(11-17)14-26(35-23)30(39)34-22-7-10-25-20(13-22)16-28(37-25)32(41)43-4-2/h5-16,35-37H,3-4H2,1-2H3,(H,33,38)(H,34,39). The molecule has 3 aromatic heterocycles. The van der Waals surface area contributed by atoms with Gasteiger partial charge in [0.25, 0.3) is 11.8 Å². The summed E-state index contributed by atoms with van der Waals surface area (Å²) in [5.41, 5.74) is 4.72. The number of ether oxygens (including phenoxy) is 2. The summed E-state index contributed by atoms with van der Waals surface area (Å²) in [5, 5.41) is 7.95. The summed E-state index contributed by atoms with van der Waals surface area (Å²) in [6.07, 6.45) is 0. The molecule has 0 aliphatic rings. The van der Waals surface area contributed by atoms with Gasteiger partial charge in [-0.15, -0.1) is 0 Å². The van der Waals surface area contributed by atoms with Crippen LogP contribution in [0.2, 0.25) is 0 Å². The summed E-state index contributed by atoms with van der Waals surface area (Å²) >= 11 is 0. The minimum Gasteiger partial charge on any atom is -0.461 e. The van der Waals surface area contributed by atoms with E-state index in [0.717, 1.165) is 21.8 Å². The highest BCUT2D eigenvalue weighted by atomic mass is 16.5. The predicted octanol–water partition coefficient (Wildman–Crippen LogP) is 5.99. The van der Waals surface area contributed by atoms with E-state index < -0.39 is 11.9 Å². The summed E-state index contributed by atoms with van der Waals surface area (Å²) < 4.78 is 10.1. The molecule has 0 saturated heterocycles. The second kappa shape index (κ2) is 11.2. The van der Waals surface area contributed by atoms with Crippen molar-refractivity contribution in [2.75, 3.05) is 23.8 Å². The third-order valence-corrected chi connectivity index (χ3v) is 6.88. The fourth-order valence-electron chi connectivity index (χ4n) is 4.86. The van der Waals surface area contributed by atoms with Gasteiger partial charge in [-0.2, -0.15) is 0 Å². The molecule has 0 aliphatic heterocycles. The summed E-state index contributed by atoms with van der Waals surface area (Å²) in [5.74, 6) is -1.56. The first-order chi connectivity index (χ1) is 20.8. The van der Waals surface area contributed by atoms with Crippen molar-refractivity contribution in [1.29, 1.82) is 0 Å². The minimum atomic E-state index is -0.443. The van der Waals surface area contributed by atoms with E-state index in [-0.39, 0.29) is 25.0 Å². The minimum absolute atomic E-state index is 0.275. The number of esters is 2. The van der Waals surface area contributed by atoms with E-state index in [9.17, 15) is 19.2 Å². The number of anilines is 2. The van der Waals surface area contributed by atoms with Gasteiger partial charge in [-0.25, -0.2) is 9.59 Å². The van der Waals surface area contributed by atoms with Crippen LogP contribution in [0.3, 0.4) is 0 Å².